The molecule has 1 aromatic rings. The highest BCUT2D eigenvalue weighted by molar-refractivity contribution is 6.42. The topological polar surface area (TPSA) is 46.2 Å². The lowest BCUT2D eigenvalue weighted by atomic mass is 10.0. The number of hydrogen-bond donors (Lipinski definition) is 2. The molecule has 0 saturated heterocycles. The third-order valence-corrected chi connectivity index (χ3v) is 3.01. The van der Waals surface area contributed by atoms with E-state index >= 15 is 0 Å². The molecule has 0 radical (unpaired) electrons. The van der Waals surface area contributed by atoms with Gasteiger partial charge in [-0.05, 0) is 18.1 Å². The van der Waals surface area contributed by atoms with Crippen molar-refractivity contribution in [3.63, 3.8) is 0 Å². The van der Waals surface area contributed by atoms with E-state index in [1.807, 2.05) is 6.92 Å². The van der Waals surface area contributed by atoms with E-state index in [0.717, 1.165) is 0 Å². The normalized spacial score (nSPS) is 14.2. The molecule has 0 aliphatic rings. The first kappa shape index (κ1) is 15.0. The maximum Gasteiger partial charge on any atom is 0.0730 e. The second-order valence-electron chi connectivity index (χ2n) is 3.14. The van der Waals surface area contributed by atoms with Crippen LogP contribution in [0, 0.1) is 0 Å². The number of aliphatic hydroxyl groups is 1. The zero-order chi connectivity index (χ0) is 10.7. The van der Waals surface area contributed by atoms with Gasteiger partial charge in [0.1, 0.15) is 0 Å². The summed E-state index contributed by atoms with van der Waals surface area (Å²) in [5.41, 5.74) is 6.51. The molecule has 0 saturated carbocycles. The smallest absolute Gasteiger partial charge is 0.0730 e. The summed E-state index contributed by atoms with van der Waals surface area (Å²) in [5.74, 6) is 0. The van der Waals surface area contributed by atoms with Crippen molar-refractivity contribution in [2.24, 2.45) is 5.73 Å². The SMILES string of the molecule is CC[C@@H](O)[C@@H](N)c1cccc(Cl)c1Cl.Cl. The zero-order valence-corrected chi connectivity index (χ0v) is 10.6. The zero-order valence-electron chi connectivity index (χ0n) is 8.28. The highest BCUT2D eigenvalue weighted by atomic mass is 35.5. The van der Waals surface area contributed by atoms with Gasteiger partial charge in [-0.15, -0.1) is 12.4 Å². The molecule has 5 heteroatoms. The van der Waals surface area contributed by atoms with Crippen LogP contribution in [0.15, 0.2) is 18.2 Å². The first-order valence-corrected chi connectivity index (χ1v) is 5.21. The fourth-order valence-electron chi connectivity index (χ4n) is 1.24. The standard InChI is InChI=1S/C10H13Cl2NO.ClH/c1-2-8(14)10(13)6-4-3-5-7(11)9(6)12;/h3-5,8,10,14H,2,13H2,1H3;1H/t8-,10+;/m1./s1. The minimum atomic E-state index is -0.592. The van der Waals surface area contributed by atoms with Gasteiger partial charge in [0.2, 0.25) is 0 Å². The summed E-state index contributed by atoms with van der Waals surface area (Å²) < 4.78 is 0. The average Bonchev–Trinajstić information content (AvgIpc) is 2.20. The monoisotopic (exact) mass is 269 g/mol. The second kappa shape index (κ2) is 6.56. The molecular formula is C10H14Cl3NO. The van der Waals surface area contributed by atoms with Gasteiger partial charge in [-0.3, -0.25) is 0 Å². The lowest BCUT2D eigenvalue weighted by molar-refractivity contribution is 0.141. The van der Waals surface area contributed by atoms with E-state index in [2.05, 4.69) is 0 Å². The quantitative estimate of drug-likeness (QED) is 0.886. The van der Waals surface area contributed by atoms with Crippen molar-refractivity contribution in [3.05, 3.63) is 33.8 Å². The van der Waals surface area contributed by atoms with E-state index < -0.39 is 12.1 Å². The molecule has 0 spiro atoms. The van der Waals surface area contributed by atoms with Gasteiger partial charge in [0.25, 0.3) is 0 Å². The molecule has 0 amide bonds. The van der Waals surface area contributed by atoms with E-state index in [1.54, 1.807) is 18.2 Å². The Balaban J connectivity index is 0.00000196. The van der Waals surface area contributed by atoms with Crippen molar-refractivity contribution in [1.29, 1.82) is 0 Å². The van der Waals surface area contributed by atoms with Gasteiger partial charge in [0, 0.05) is 0 Å². The van der Waals surface area contributed by atoms with Crippen molar-refractivity contribution in [2.75, 3.05) is 0 Å². The lowest BCUT2D eigenvalue weighted by Gasteiger charge is -2.19. The van der Waals surface area contributed by atoms with Crippen LogP contribution in [0.1, 0.15) is 24.9 Å². The van der Waals surface area contributed by atoms with Crippen LogP contribution < -0.4 is 5.73 Å². The summed E-state index contributed by atoms with van der Waals surface area (Å²) in [6, 6.07) is 4.76. The summed E-state index contributed by atoms with van der Waals surface area (Å²) in [7, 11) is 0. The van der Waals surface area contributed by atoms with Crippen LogP contribution in [-0.2, 0) is 0 Å². The van der Waals surface area contributed by atoms with Crippen LogP contribution in [0.2, 0.25) is 10.0 Å². The third kappa shape index (κ3) is 3.51. The number of nitrogens with two attached hydrogens (primary N) is 1. The van der Waals surface area contributed by atoms with Gasteiger partial charge in [-0.25, -0.2) is 0 Å². The maximum atomic E-state index is 9.57. The average molecular weight is 271 g/mol. The third-order valence-electron chi connectivity index (χ3n) is 2.17. The Morgan fingerprint density at radius 1 is 1.40 bits per heavy atom. The molecule has 86 valence electrons. The lowest BCUT2D eigenvalue weighted by Crippen LogP contribution is -2.25. The Morgan fingerprint density at radius 3 is 2.53 bits per heavy atom. The largest absolute Gasteiger partial charge is 0.391 e. The van der Waals surface area contributed by atoms with E-state index in [0.29, 0.717) is 22.0 Å². The molecule has 1 rings (SSSR count). The van der Waals surface area contributed by atoms with Crippen LogP contribution in [0.5, 0.6) is 0 Å². The molecule has 0 unspecified atom stereocenters. The molecule has 15 heavy (non-hydrogen) atoms. The van der Waals surface area contributed by atoms with Gasteiger partial charge in [0.05, 0.1) is 22.2 Å². The Kier molecular flexibility index (Phi) is 6.57. The molecular weight excluding hydrogens is 256 g/mol. The summed E-state index contributed by atoms with van der Waals surface area (Å²) in [6.07, 6.45) is -0.00439. The van der Waals surface area contributed by atoms with Crippen LogP contribution in [0.4, 0.5) is 0 Å². The molecule has 2 nitrogen and oxygen atoms in total. The van der Waals surface area contributed by atoms with Crippen molar-refractivity contribution in [1.82, 2.24) is 0 Å². The predicted octanol–water partition coefficient (Wildman–Crippen LogP) is 3.19. The molecule has 0 aliphatic carbocycles. The van der Waals surface area contributed by atoms with E-state index in [4.69, 9.17) is 28.9 Å². The van der Waals surface area contributed by atoms with Gasteiger partial charge in [0.15, 0.2) is 0 Å². The van der Waals surface area contributed by atoms with Crippen molar-refractivity contribution >= 4 is 35.6 Å². The summed E-state index contributed by atoms with van der Waals surface area (Å²) in [5, 5.41) is 10.5. The number of aliphatic hydroxyl groups excluding tert-OH is 1. The van der Waals surface area contributed by atoms with Crippen LogP contribution in [0.25, 0.3) is 0 Å². The summed E-state index contributed by atoms with van der Waals surface area (Å²) in [6.45, 7) is 1.86. The fourth-order valence-corrected chi connectivity index (χ4v) is 1.67. The molecule has 0 fully saturated rings. The number of halogens is 3. The first-order chi connectivity index (χ1) is 6.57. The van der Waals surface area contributed by atoms with E-state index in [9.17, 15) is 5.11 Å². The molecule has 1 aromatic carbocycles. The van der Waals surface area contributed by atoms with E-state index in [-0.39, 0.29) is 12.4 Å². The highest BCUT2D eigenvalue weighted by Crippen LogP contribution is 2.30. The fraction of sp³-hybridized carbons (Fsp3) is 0.400. The molecule has 0 bridgehead atoms. The molecule has 3 N–H and O–H groups in total. The van der Waals surface area contributed by atoms with Crippen molar-refractivity contribution in [3.8, 4) is 0 Å². The summed E-state index contributed by atoms with van der Waals surface area (Å²) >= 11 is 11.8. The number of rotatable bonds is 3. The Hall–Kier alpha value is 0.01000. The van der Waals surface area contributed by atoms with Crippen LogP contribution in [0.3, 0.4) is 0 Å². The number of hydrogen-bond acceptors (Lipinski definition) is 2. The van der Waals surface area contributed by atoms with Crippen molar-refractivity contribution in [2.45, 2.75) is 25.5 Å². The van der Waals surface area contributed by atoms with Crippen molar-refractivity contribution < 1.29 is 5.11 Å². The molecule has 0 heterocycles. The number of benzene rings is 1. The van der Waals surface area contributed by atoms with E-state index in [1.165, 1.54) is 0 Å². The first-order valence-electron chi connectivity index (χ1n) is 4.45. The molecule has 0 aromatic heterocycles. The molecule has 2 atom stereocenters. The minimum Gasteiger partial charge on any atom is -0.391 e. The predicted molar refractivity (Wildman–Crippen MR) is 66.9 cm³/mol. The Labute approximate surface area is 106 Å². The van der Waals surface area contributed by atoms with Gasteiger partial charge in [-0.2, -0.15) is 0 Å². The van der Waals surface area contributed by atoms with Crippen LogP contribution >= 0.6 is 35.6 Å². The summed E-state index contributed by atoms with van der Waals surface area (Å²) in [4.78, 5) is 0. The Morgan fingerprint density at radius 2 is 2.00 bits per heavy atom. The van der Waals surface area contributed by atoms with Gasteiger partial charge < -0.3 is 10.8 Å². The maximum absolute atomic E-state index is 9.57. The highest BCUT2D eigenvalue weighted by Gasteiger charge is 2.18. The van der Waals surface area contributed by atoms with Crippen LogP contribution in [-0.4, -0.2) is 11.2 Å². The molecule has 0 aliphatic heterocycles. The minimum absolute atomic E-state index is 0. The van der Waals surface area contributed by atoms with Gasteiger partial charge >= 0.3 is 0 Å². The second-order valence-corrected chi connectivity index (χ2v) is 3.93. The van der Waals surface area contributed by atoms with Gasteiger partial charge in [-0.1, -0.05) is 42.3 Å². The Bertz CT molecular complexity index is 320.